The molecule has 1 saturated heterocycles. The second-order valence-corrected chi connectivity index (χ2v) is 7.77. The molecule has 2 fully saturated rings. The molecule has 1 aliphatic carbocycles. The third kappa shape index (κ3) is 4.55. The van der Waals surface area contributed by atoms with Gasteiger partial charge in [0.25, 0.3) is 0 Å². The second kappa shape index (κ2) is 7.00. The summed E-state index contributed by atoms with van der Waals surface area (Å²) in [6.45, 7) is 5.97. The average molecular weight is 360 g/mol. The Kier molecular flexibility index (Phi) is 4.92. The van der Waals surface area contributed by atoms with Gasteiger partial charge in [0.05, 0.1) is 18.2 Å². The molecule has 0 radical (unpaired) electrons. The van der Waals surface area contributed by atoms with Gasteiger partial charge in [0.1, 0.15) is 12.2 Å². The van der Waals surface area contributed by atoms with Crippen molar-refractivity contribution >= 4 is 17.8 Å². The van der Waals surface area contributed by atoms with E-state index in [-0.39, 0.29) is 35.5 Å². The largest absolute Gasteiger partial charge is 0.444 e. The van der Waals surface area contributed by atoms with Crippen LogP contribution in [0.5, 0.6) is 0 Å². The van der Waals surface area contributed by atoms with Gasteiger partial charge in [-0.15, -0.1) is 12.3 Å². The Morgan fingerprint density at radius 2 is 2.19 bits per heavy atom. The van der Waals surface area contributed by atoms with Crippen LogP contribution < -0.4 is 10.6 Å². The van der Waals surface area contributed by atoms with E-state index in [1.54, 1.807) is 6.07 Å². The summed E-state index contributed by atoms with van der Waals surface area (Å²) in [6, 6.07) is 1.73. The van der Waals surface area contributed by atoms with Crippen molar-refractivity contribution < 1.29 is 19.1 Å². The molecule has 1 aromatic rings. The van der Waals surface area contributed by atoms with Gasteiger partial charge < -0.3 is 20.1 Å². The molecule has 140 valence electrons. The zero-order valence-corrected chi connectivity index (χ0v) is 15.2. The molecule has 2 amide bonds. The van der Waals surface area contributed by atoms with Gasteiger partial charge in [-0.05, 0) is 27.2 Å². The first-order valence-electron chi connectivity index (χ1n) is 8.68. The molecule has 0 bridgehead atoms. The lowest BCUT2D eigenvalue weighted by Gasteiger charge is -2.21. The molecule has 2 heterocycles. The number of rotatable bonds is 4. The van der Waals surface area contributed by atoms with Gasteiger partial charge in [-0.25, -0.2) is 4.79 Å². The van der Waals surface area contributed by atoms with Crippen molar-refractivity contribution in [2.75, 3.05) is 11.9 Å². The van der Waals surface area contributed by atoms with Crippen LogP contribution in [-0.4, -0.2) is 40.4 Å². The monoisotopic (exact) mass is 360 g/mol. The van der Waals surface area contributed by atoms with Gasteiger partial charge in [0, 0.05) is 23.9 Å². The van der Waals surface area contributed by atoms with Gasteiger partial charge in [-0.1, -0.05) is 0 Å². The number of H-pyrrole nitrogens is 1. The van der Waals surface area contributed by atoms with Crippen molar-refractivity contribution in [3.05, 3.63) is 11.8 Å². The summed E-state index contributed by atoms with van der Waals surface area (Å²) in [6.07, 6.45) is 5.51. The number of aromatic nitrogens is 2. The summed E-state index contributed by atoms with van der Waals surface area (Å²) in [4.78, 5) is 23.8. The van der Waals surface area contributed by atoms with Crippen LogP contribution in [0.25, 0.3) is 0 Å². The Labute approximate surface area is 152 Å². The number of hydrogen-bond acceptors (Lipinski definition) is 5. The fraction of sp³-hybridized carbons (Fsp3) is 0.611. The molecule has 3 N–H and O–H groups in total. The minimum absolute atomic E-state index is 0.0312. The number of nitrogens with zero attached hydrogens (tertiary/aromatic N) is 1. The SMILES string of the molecule is C#C[C@H]1C[C@@H]1C(=O)Nc1cc([C@H]2C[C@@H](OC(=O)NC(C)(C)C)CO2)[nH]n1. The maximum absolute atomic E-state index is 12.0. The Bertz CT molecular complexity index is 730. The summed E-state index contributed by atoms with van der Waals surface area (Å²) in [5, 5.41) is 12.5. The fourth-order valence-corrected chi connectivity index (χ4v) is 2.84. The molecule has 1 aliphatic heterocycles. The smallest absolute Gasteiger partial charge is 0.407 e. The van der Waals surface area contributed by atoms with Crippen LogP contribution in [0, 0.1) is 24.2 Å². The first-order chi connectivity index (χ1) is 12.2. The Balaban J connectivity index is 1.49. The average Bonchev–Trinajstić information content (AvgIpc) is 2.95. The molecule has 4 atom stereocenters. The summed E-state index contributed by atoms with van der Waals surface area (Å²) in [5.74, 6) is 2.82. The van der Waals surface area contributed by atoms with E-state index in [0.29, 0.717) is 18.8 Å². The van der Waals surface area contributed by atoms with Gasteiger partial charge in [-0.3, -0.25) is 9.89 Å². The lowest BCUT2D eigenvalue weighted by atomic mass is 10.1. The molecular formula is C18H24N4O4. The summed E-state index contributed by atoms with van der Waals surface area (Å²) < 4.78 is 11.1. The van der Waals surface area contributed by atoms with E-state index >= 15 is 0 Å². The second-order valence-electron chi connectivity index (χ2n) is 7.77. The Morgan fingerprint density at radius 1 is 1.42 bits per heavy atom. The zero-order valence-electron chi connectivity index (χ0n) is 15.2. The number of amides is 2. The van der Waals surface area contributed by atoms with Gasteiger partial charge >= 0.3 is 6.09 Å². The molecule has 26 heavy (non-hydrogen) atoms. The zero-order chi connectivity index (χ0) is 18.9. The highest BCUT2D eigenvalue weighted by atomic mass is 16.6. The molecule has 1 aromatic heterocycles. The predicted octanol–water partition coefficient (Wildman–Crippen LogP) is 1.97. The molecule has 0 unspecified atom stereocenters. The van der Waals surface area contributed by atoms with Crippen molar-refractivity contribution in [1.29, 1.82) is 0 Å². The van der Waals surface area contributed by atoms with E-state index in [0.717, 1.165) is 12.1 Å². The summed E-state index contributed by atoms with van der Waals surface area (Å²) in [7, 11) is 0. The highest BCUT2D eigenvalue weighted by Gasteiger charge is 2.42. The number of nitrogens with one attached hydrogen (secondary N) is 3. The Morgan fingerprint density at radius 3 is 2.85 bits per heavy atom. The summed E-state index contributed by atoms with van der Waals surface area (Å²) >= 11 is 0. The van der Waals surface area contributed by atoms with Crippen molar-refractivity contribution in [1.82, 2.24) is 15.5 Å². The number of ether oxygens (including phenoxy) is 2. The van der Waals surface area contributed by atoms with Crippen LogP contribution in [0.3, 0.4) is 0 Å². The van der Waals surface area contributed by atoms with E-state index in [4.69, 9.17) is 15.9 Å². The molecule has 8 nitrogen and oxygen atoms in total. The maximum Gasteiger partial charge on any atom is 0.407 e. The molecular weight excluding hydrogens is 336 g/mol. The molecule has 1 saturated carbocycles. The number of carbonyl (C=O) groups excluding carboxylic acids is 2. The normalized spacial score (nSPS) is 27.5. The van der Waals surface area contributed by atoms with Gasteiger partial charge in [0.15, 0.2) is 5.82 Å². The van der Waals surface area contributed by atoms with Crippen molar-refractivity contribution in [3.63, 3.8) is 0 Å². The van der Waals surface area contributed by atoms with E-state index in [9.17, 15) is 9.59 Å². The van der Waals surface area contributed by atoms with Gasteiger partial charge in [0.2, 0.25) is 5.91 Å². The Hall–Kier alpha value is -2.53. The molecule has 3 rings (SSSR count). The minimum Gasteiger partial charge on any atom is -0.444 e. The number of alkyl carbamates (subject to hydrolysis) is 1. The number of carbonyl (C=O) groups is 2. The van der Waals surface area contributed by atoms with Crippen LogP contribution in [-0.2, 0) is 14.3 Å². The third-order valence-electron chi connectivity index (χ3n) is 4.25. The summed E-state index contributed by atoms with van der Waals surface area (Å²) in [5.41, 5.74) is 0.374. The molecule has 2 aliphatic rings. The number of hydrogen-bond donors (Lipinski definition) is 3. The van der Waals surface area contributed by atoms with E-state index in [1.807, 2.05) is 20.8 Å². The lowest BCUT2D eigenvalue weighted by Crippen LogP contribution is -2.42. The lowest BCUT2D eigenvalue weighted by molar-refractivity contribution is -0.117. The highest BCUT2D eigenvalue weighted by Crippen LogP contribution is 2.38. The van der Waals surface area contributed by atoms with Crippen molar-refractivity contribution in [3.8, 4) is 12.3 Å². The van der Waals surface area contributed by atoms with Crippen LogP contribution in [0.4, 0.5) is 10.6 Å². The van der Waals surface area contributed by atoms with Crippen molar-refractivity contribution in [2.24, 2.45) is 11.8 Å². The fourth-order valence-electron chi connectivity index (χ4n) is 2.84. The van der Waals surface area contributed by atoms with E-state index in [1.165, 1.54) is 0 Å². The highest BCUT2D eigenvalue weighted by molar-refractivity contribution is 5.94. The van der Waals surface area contributed by atoms with Gasteiger partial charge in [-0.2, -0.15) is 5.10 Å². The maximum atomic E-state index is 12.0. The van der Waals surface area contributed by atoms with Crippen LogP contribution in [0.1, 0.15) is 45.4 Å². The molecule has 0 spiro atoms. The third-order valence-corrected chi connectivity index (χ3v) is 4.25. The van der Waals surface area contributed by atoms with E-state index in [2.05, 4.69) is 26.8 Å². The predicted molar refractivity (Wildman–Crippen MR) is 94.1 cm³/mol. The number of terminal acetylenes is 1. The van der Waals surface area contributed by atoms with E-state index < -0.39 is 6.09 Å². The number of aromatic amines is 1. The van der Waals surface area contributed by atoms with Crippen LogP contribution in [0.2, 0.25) is 0 Å². The van der Waals surface area contributed by atoms with Crippen LogP contribution >= 0.6 is 0 Å². The van der Waals surface area contributed by atoms with Crippen molar-refractivity contribution in [2.45, 2.75) is 51.4 Å². The van der Waals surface area contributed by atoms with Crippen LogP contribution in [0.15, 0.2) is 6.07 Å². The minimum atomic E-state index is -0.461. The topological polar surface area (TPSA) is 105 Å². The number of anilines is 1. The molecule has 8 heteroatoms. The quantitative estimate of drug-likeness (QED) is 0.712. The standard InChI is InChI=1S/C18H24N4O4/c1-5-10-6-12(10)16(23)19-15-8-13(21-22-15)14-7-11(9-25-14)26-17(24)20-18(2,3)4/h1,8,10-12,14H,6-7,9H2,2-4H3,(H,20,24)(H2,19,21,22,23)/t10-,11+,12-,14+/m0/s1. The first-order valence-corrected chi connectivity index (χ1v) is 8.68. The first kappa shape index (κ1) is 18.3. The molecule has 0 aromatic carbocycles.